The lowest BCUT2D eigenvalue weighted by atomic mass is 10.1. The Morgan fingerprint density at radius 1 is 1.35 bits per heavy atom. The summed E-state index contributed by atoms with van der Waals surface area (Å²) >= 11 is 0. The number of nitrogens with one attached hydrogen (secondary N) is 2. The monoisotopic (exact) mass is 237 g/mol. The predicted octanol–water partition coefficient (Wildman–Crippen LogP) is 2.12. The van der Waals surface area contributed by atoms with Crippen molar-refractivity contribution in [2.75, 3.05) is 13.6 Å². The smallest absolute Gasteiger partial charge is 0.132 e. The van der Waals surface area contributed by atoms with Gasteiger partial charge in [-0.05, 0) is 25.2 Å². The highest BCUT2D eigenvalue weighted by molar-refractivity contribution is 5.59. The Kier molecular flexibility index (Phi) is 3.49. The number of halogens is 2. The maximum atomic E-state index is 13.5. The van der Waals surface area contributed by atoms with Crippen LogP contribution in [-0.4, -0.2) is 23.6 Å². The zero-order valence-corrected chi connectivity index (χ0v) is 9.43. The number of hydrogen-bond donors (Lipinski definition) is 2. The van der Waals surface area contributed by atoms with E-state index in [4.69, 9.17) is 0 Å². The van der Waals surface area contributed by atoms with Crippen LogP contribution in [0, 0.1) is 11.6 Å². The van der Waals surface area contributed by atoms with Gasteiger partial charge in [-0.2, -0.15) is 0 Å². The lowest BCUT2D eigenvalue weighted by molar-refractivity contribution is 0.602. The van der Waals surface area contributed by atoms with E-state index < -0.39 is 11.6 Å². The Bertz CT molecular complexity index is 508. The Morgan fingerprint density at radius 2 is 2.18 bits per heavy atom. The van der Waals surface area contributed by atoms with E-state index in [1.165, 1.54) is 6.20 Å². The molecule has 1 heterocycles. The van der Waals surface area contributed by atoms with E-state index >= 15 is 0 Å². The van der Waals surface area contributed by atoms with E-state index in [0.29, 0.717) is 12.1 Å². The third kappa shape index (κ3) is 2.68. The van der Waals surface area contributed by atoms with Crippen LogP contribution < -0.4 is 5.32 Å². The van der Waals surface area contributed by atoms with E-state index in [-0.39, 0.29) is 5.56 Å². The molecule has 0 fully saturated rings. The fourth-order valence-electron chi connectivity index (χ4n) is 1.57. The van der Waals surface area contributed by atoms with Crippen LogP contribution in [0.5, 0.6) is 0 Å². The zero-order chi connectivity index (χ0) is 12.3. The number of H-pyrrole nitrogens is 1. The molecule has 0 atom stereocenters. The lowest BCUT2D eigenvalue weighted by Gasteiger charge is -2.00. The van der Waals surface area contributed by atoms with Crippen molar-refractivity contribution in [3.63, 3.8) is 0 Å². The molecule has 90 valence electrons. The van der Waals surface area contributed by atoms with Crippen molar-refractivity contribution in [2.45, 2.75) is 6.42 Å². The highest BCUT2D eigenvalue weighted by Crippen LogP contribution is 2.21. The first-order chi connectivity index (χ1) is 8.20. The number of imidazole rings is 1. The normalized spacial score (nSPS) is 10.8. The lowest BCUT2D eigenvalue weighted by Crippen LogP contribution is -2.11. The van der Waals surface area contributed by atoms with Crippen LogP contribution in [0.2, 0.25) is 0 Å². The summed E-state index contributed by atoms with van der Waals surface area (Å²) in [5, 5.41) is 2.99. The average Bonchev–Trinajstić information content (AvgIpc) is 2.78. The summed E-state index contributed by atoms with van der Waals surface area (Å²) in [6.07, 6.45) is 2.23. The van der Waals surface area contributed by atoms with Crippen LogP contribution in [0.15, 0.2) is 24.4 Å². The quantitative estimate of drug-likeness (QED) is 0.855. The first-order valence-electron chi connectivity index (χ1n) is 5.34. The summed E-state index contributed by atoms with van der Waals surface area (Å²) < 4.78 is 26.5. The first-order valence-corrected chi connectivity index (χ1v) is 5.34. The Hall–Kier alpha value is -1.75. The van der Waals surface area contributed by atoms with Gasteiger partial charge in [-0.25, -0.2) is 13.8 Å². The van der Waals surface area contributed by atoms with Crippen molar-refractivity contribution in [1.29, 1.82) is 0 Å². The summed E-state index contributed by atoms with van der Waals surface area (Å²) in [6, 6.07) is 3.36. The molecule has 0 saturated carbocycles. The van der Waals surface area contributed by atoms with E-state index in [2.05, 4.69) is 15.3 Å². The van der Waals surface area contributed by atoms with Gasteiger partial charge in [0.1, 0.15) is 17.5 Å². The second kappa shape index (κ2) is 5.05. The maximum Gasteiger partial charge on any atom is 0.132 e. The molecule has 1 aromatic carbocycles. The largest absolute Gasteiger partial charge is 0.342 e. The van der Waals surface area contributed by atoms with Crippen molar-refractivity contribution in [2.24, 2.45) is 0 Å². The summed E-state index contributed by atoms with van der Waals surface area (Å²) in [4.78, 5) is 7.09. The summed E-state index contributed by atoms with van der Waals surface area (Å²) in [6.45, 7) is 0.776. The van der Waals surface area contributed by atoms with Crippen molar-refractivity contribution < 1.29 is 8.78 Å². The number of likely N-dealkylation sites (N-methyl/N-ethyl adjacent to an activating group) is 1. The summed E-state index contributed by atoms with van der Waals surface area (Å²) in [7, 11) is 1.84. The van der Waals surface area contributed by atoms with Gasteiger partial charge in [-0.1, -0.05) is 0 Å². The molecule has 3 nitrogen and oxygen atoms in total. The molecule has 2 aromatic rings. The Balaban J connectivity index is 2.27. The third-order valence-electron chi connectivity index (χ3n) is 2.46. The van der Waals surface area contributed by atoms with Crippen molar-refractivity contribution >= 4 is 0 Å². The number of nitrogens with zero attached hydrogens (tertiary/aromatic N) is 1. The molecule has 0 saturated heterocycles. The molecular weight excluding hydrogens is 224 g/mol. The van der Waals surface area contributed by atoms with Gasteiger partial charge in [-0.3, -0.25) is 0 Å². The van der Waals surface area contributed by atoms with Crippen LogP contribution in [0.25, 0.3) is 11.3 Å². The molecule has 5 heteroatoms. The molecule has 0 bridgehead atoms. The first kappa shape index (κ1) is 11.7. The molecule has 0 spiro atoms. The van der Waals surface area contributed by atoms with Gasteiger partial charge < -0.3 is 10.3 Å². The average molecular weight is 237 g/mol. The van der Waals surface area contributed by atoms with Gasteiger partial charge in [-0.15, -0.1) is 0 Å². The van der Waals surface area contributed by atoms with Crippen LogP contribution in [0.4, 0.5) is 8.78 Å². The number of aromatic nitrogens is 2. The molecule has 1 aromatic heterocycles. The minimum absolute atomic E-state index is 0.202. The minimum atomic E-state index is -0.465. The number of benzene rings is 1. The summed E-state index contributed by atoms with van der Waals surface area (Å²) in [5.41, 5.74) is 0.696. The van der Waals surface area contributed by atoms with E-state index in [1.54, 1.807) is 0 Å². The Labute approximate surface area is 97.9 Å². The summed E-state index contributed by atoms with van der Waals surface area (Å²) in [5.74, 6) is -0.180. The molecule has 0 aliphatic heterocycles. The van der Waals surface area contributed by atoms with Crippen molar-refractivity contribution in [3.05, 3.63) is 41.9 Å². The van der Waals surface area contributed by atoms with Gasteiger partial charge in [0.2, 0.25) is 0 Å². The molecule has 0 unspecified atom stereocenters. The molecule has 0 amide bonds. The van der Waals surface area contributed by atoms with Crippen LogP contribution in [0.1, 0.15) is 5.82 Å². The number of hydrogen-bond acceptors (Lipinski definition) is 2. The zero-order valence-electron chi connectivity index (χ0n) is 9.43. The molecular formula is C12H13F2N3. The molecule has 0 radical (unpaired) electrons. The van der Waals surface area contributed by atoms with Crippen molar-refractivity contribution in [3.8, 4) is 11.3 Å². The van der Waals surface area contributed by atoms with Crippen LogP contribution in [-0.2, 0) is 6.42 Å². The number of rotatable bonds is 4. The fraction of sp³-hybridized carbons (Fsp3) is 0.250. The van der Waals surface area contributed by atoms with E-state index in [9.17, 15) is 8.78 Å². The van der Waals surface area contributed by atoms with Crippen LogP contribution >= 0.6 is 0 Å². The molecule has 2 N–H and O–H groups in total. The van der Waals surface area contributed by atoms with Crippen LogP contribution in [0.3, 0.4) is 0 Å². The molecule has 2 rings (SSSR count). The van der Waals surface area contributed by atoms with E-state index in [0.717, 1.165) is 30.6 Å². The third-order valence-corrected chi connectivity index (χ3v) is 2.46. The molecule has 17 heavy (non-hydrogen) atoms. The predicted molar refractivity (Wildman–Crippen MR) is 61.6 cm³/mol. The SMILES string of the molecule is CNCCc1ncc(-c2cc(F)ccc2F)[nH]1. The van der Waals surface area contributed by atoms with Gasteiger partial charge in [0, 0.05) is 18.5 Å². The highest BCUT2D eigenvalue weighted by Gasteiger charge is 2.09. The highest BCUT2D eigenvalue weighted by atomic mass is 19.1. The second-order valence-corrected chi connectivity index (χ2v) is 3.72. The number of aromatic amines is 1. The molecule has 0 aliphatic carbocycles. The minimum Gasteiger partial charge on any atom is -0.342 e. The topological polar surface area (TPSA) is 40.7 Å². The second-order valence-electron chi connectivity index (χ2n) is 3.72. The fourth-order valence-corrected chi connectivity index (χ4v) is 1.57. The molecule has 0 aliphatic rings. The van der Waals surface area contributed by atoms with E-state index in [1.807, 2.05) is 7.05 Å². The standard InChI is InChI=1S/C12H13F2N3/c1-15-5-4-12-16-7-11(17-12)9-6-8(13)2-3-10(9)14/h2-3,6-7,15H,4-5H2,1H3,(H,16,17). The van der Waals surface area contributed by atoms with Gasteiger partial charge >= 0.3 is 0 Å². The van der Waals surface area contributed by atoms with Crippen molar-refractivity contribution in [1.82, 2.24) is 15.3 Å². The van der Waals surface area contributed by atoms with Gasteiger partial charge in [0.25, 0.3) is 0 Å². The van der Waals surface area contributed by atoms with Gasteiger partial charge in [0.15, 0.2) is 0 Å². The Morgan fingerprint density at radius 3 is 2.94 bits per heavy atom. The maximum absolute atomic E-state index is 13.5. The van der Waals surface area contributed by atoms with Gasteiger partial charge in [0.05, 0.1) is 11.9 Å².